The highest BCUT2D eigenvalue weighted by Crippen LogP contribution is 2.89. The van der Waals surface area contributed by atoms with Crippen molar-refractivity contribution in [2.45, 2.75) is 118 Å². The highest BCUT2D eigenvalue weighted by molar-refractivity contribution is 7.81. The third-order valence-corrected chi connectivity index (χ3v) is 14.4. The summed E-state index contributed by atoms with van der Waals surface area (Å²) in [5.41, 5.74) is -0.738. The van der Waals surface area contributed by atoms with Gasteiger partial charge in [-0.2, -0.15) is 16.8 Å². The van der Waals surface area contributed by atoms with Crippen LogP contribution in [-0.2, 0) is 34.0 Å². The molecule has 2 spiro atoms. The zero-order valence-corrected chi connectivity index (χ0v) is 27.2. The van der Waals surface area contributed by atoms with Crippen LogP contribution in [0.5, 0.6) is 0 Å². The summed E-state index contributed by atoms with van der Waals surface area (Å²) in [6.07, 6.45) is 8.65. The van der Waals surface area contributed by atoms with Gasteiger partial charge in [0.1, 0.15) is 5.78 Å². The second kappa shape index (κ2) is 9.96. The fourth-order valence-corrected chi connectivity index (χ4v) is 12.9. The molecule has 9 nitrogen and oxygen atoms in total. The van der Waals surface area contributed by atoms with Crippen LogP contribution in [0.4, 0.5) is 0 Å². The average molecular weight is 619 g/mol. The summed E-state index contributed by atoms with van der Waals surface area (Å²) >= 11 is 0. The first kappa shape index (κ1) is 31.8. The lowest BCUT2D eigenvalue weighted by Gasteiger charge is -2.63. The van der Waals surface area contributed by atoms with Crippen LogP contribution in [0.3, 0.4) is 0 Å². The van der Waals surface area contributed by atoms with Gasteiger partial charge in [0.2, 0.25) is 0 Å². The number of hydrogen-bond acceptors (Lipinski definition) is 7. The molecular formula is C30H50O9S2. The van der Waals surface area contributed by atoms with Gasteiger partial charge in [-0.05, 0) is 109 Å². The summed E-state index contributed by atoms with van der Waals surface area (Å²) in [5, 5.41) is 0. The Morgan fingerprint density at radius 1 is 0.805 bits per heavy atom. The van der Waals surface area contributed by atoms with Crippen LogP contribution in [0.2, 0.25) is 0 Å². The van der Waals surface area contributed by atoms with E-state index in [0.29, 0.717) is 48.7 Å². The van der Waals surface area contributed by atoms with Crippen molar-refractivity contribution < 1.29 is 39.1 Å². The third-order valence-electron chi connectivity index (χ3n) is 13.5. The molecule has 0 bridgehead atoms. The van der Waals surface area contributed by atoms with Crippen molar-refractivity contribution in [1.29, 1.82) is 0 Å². The fraction of sp³-hybridized carbons (Fsp3) is 0.967. The van der Waals surface area contributed by atoms with E-state index in [-0.39, 0.29) is 27.6 Å². The summed E-state index contributed by atoms with van der Waals surface area (Å²) in [6, 6.07) is 0. The number of fused-ring (bicyclic) bond motifs is 2. The van der Waals surface area contributed by atoms with Gasteiger partial charge in [-0.15, -0.1) is 0 Å². The molecular weight excluding hydrogens is 568 g/mol. The van der Waals surface area contributed by atoms with E-state index in [1.54, 1.807) is 6.92 Å². The monoisotopic (exact) mass is 618 g/mol. The standard InChI is InChI=1S/C30H50O9S2/c1-19(2)15-21(31)16-20(3)22-9-11-28(6)24-8-7-23-26(4,18-38-40(32,33)34)25(39-41(35,36)37)10-12-29(23)17-30(24,29)14-13-27(22,28)5/h19-20,22-25H,7-18H2,1-6H3,(H,32,33,34)(H,35,36,37). The highest BCUT2D eigenvalue weighted by atomic mass is 32.3. The van der Waals surface area contributed by atoms with E-state index in [2.05, 4.69) is 34.6 Å². The molecule has 236 valence electrons. The average Bonchev–Trinajstić information content (AvgIpc) is 3.40. The van der Waals surface area contributed by atoms with Crippen LogP contribution in [0.15, 0.2) is 0 Å². The van der Waals surface area contributed by atoms with Crippen LogP contribution in [0, 0.1) is 56.7 Å². The Balaban J connectivity index is 1.42. The summed E-state index contributed by atoms with van der Waals surface area (Å²) in [4.78, 5) is 12.8. The third kappa shape index (κ3) is 4.96. The molecule has 0 aromatic heterocycles. The van der Waals surface area contributed by atoms with E-state index in [1.807, 2.05) is 0 Å². The van der Waals surface area contributed by atoms with Gasteiger partial charge in [-0.1, -0.05) is 41.5 Å². The molecule has 5 aliphatic rings. The maximum absolute atomic E-state index is 12.8. The molecule has 0 amide bonds. The molecule has 41 heavy (non-hydrogen) atoms. The van der Waals surface area contributed by atoms with Crippen molar-refractivity contribution in [3.05, 3.63) is 0 Å². The van der Waals surface area contributed by atoms with Gasteiger partial charge in [0, 0.05) is 18.3 Å². The first-order valence-corrected chi connectivity index (χ1v) is 18.3. The van der Waals surface area contributed by atoms with E-state index >= 15 is 0 Å². The molecule has 0 aliphatic heterocycles. The normalized spacial score (nSPS) is 46.3. The van der Waals surface area contributed by atoms with Gasteiger partial charge in [-0.3, -0.25) is 13.9 Å². The molecule has 0 aromatic carbocycles. The first-order valence-electron chi connectivity index (χ1n) is 15.5. The predicted molar refractivity (Wildman–Crippen MR) is 153 cm³/mol. The zero-order chi connectivity index (χ0) is 30.4. The first-order chi connectivity index (χ1) is 18.7. The van der Waals surface area contributed by atoms with E-state index in [9.17, 15) is 30.7 Å². The van der Waals surface area contributed by atoms with Crippen molar-refractivity contribution in [3.63, 3.8) is 0 Å². The molecule has 5 aliphatic carbocycles. The molecule has 0 saturated heterocycles. The zero-order valence-electron chi connectivity index (χ0n) is 25.5. The van der Waals surface area contributed by atoms with Gasteiger partial charge in [-0.25, -0.2) is 8.37 Å². The van der Waals surface area contributed by atoms with Crippen molar-refractivity contribution in [2.24, 2.45) is 56.7 Å². The summed E-state index contributed by atoms with van der Waals surface area (Å²) in [5.74, 6) is 2.03. The Morgan fingerprint density at radius 2 is 1.44 bits per heavy atom. The molecule has 11 heteroatoms. The molecule has 10 unspecified atom stereocenters. The van der Waals surface area contributed by atoms with Crippen molar-refractivity contribution >= 4 is 26.6 Å². The minimum Gasteiger partial charge on any atom is -0.300 e. The van der Waals surface area contributed by atoms with Crippen LogP contribution in [0.25, 0.3) is 0 Å². The Morgan fingerprint density at radius 3 is 2.05 bits per heavy atom. The number of hydrogen-bond donors (Lipinski definition) is 2. The SMILES string of the molecule is CC(C)CC(=O)CC(C)C1CCC2(C)C3CCC4C(C)(COS(=O)(=O)O)C(OS(=O)(=O)O)CCC45CC35CCC12C. The van der Waals surface area contributed by atoms with Gasteiger partial charge in [0.05, 0.1) is 12.7 Å². The molecule has 5 rings (SSSR count). The van der Waals surface area contributed by atoms with E-state index < -0.39 is 38.9 Å². The molecule has 0 heterocycles. The largest absolute Gasteiger partial charge is 0.397 e. The summed E-state index contributed by atoms with van der Waals surface area (Å²) < 4.78 is 75.7. The fourth-order valence-electron chi connectivity index (χ4n) is 11.9. The predicted octanol–water partition coefficient (Wildman–Crippen LogP) is 6.05. The smallest absolute Gasteiger partial charge is 0.300 e. The summed E-state index contributed by atoms with van der Waals surface area (Å²) in [6.45, 7) is 12.8. The van der Waals surface area contributed by atoms with Crippen LogP contribution in [0.1, 0.15) is 112 Å². The Bertz CT molecular complexity index is 1280. The van der Waals surface area contributed by atoms with Crippen molar-refractivity contribution in [2.75, 3.05) is 6.61 Å². The van der Waals surface area contributed by atoms with Crippen LogP contribution in [-0.4, -0.2) is 44.4 Å². The molecule has 10 atom stereocenters. The lowest BCUT2D eigenvalue weighted by molar-refractivity contribution is -0.168. The van der Waals surface area contributed by atoms with Gasteiger partial charge in [0.15, 0.2) is 0 Å². The molecule has 0 radical (unpaired) electrons. The maximum Gasteiger partial charge on any atom is 0.397 e. The second-order valence-corrected chi connectivity index (χ2v) is 17.9. The highest BCUT2D eigenvalue weighted by Gasteiger charge is 2.82. The van der Waals surface area contributed by atoms with Crippen LogP contribution >= 0.6 is 0 Å². The lowest BCUT2D eigenvalue weighted by atomic mass is 9.41. The topological polar surface area (TPSA) is 144 Å². The molecule has 5 fully saturated rings. The number of Topliss-reactive ketones (excluding diaryl/α,β-unsaturated/α-hetero) is 1. The minimum absolute atomic E-state index is 0.0637. The number of rotatable bonds is 10. The van der Waals surface area contributed by atoms with Crippen molar-refractivity contribution in [3.8, 4) is 0 Å². The second-order valence-electron chi connectivity index (χ2n) is 15.7. The molecule has 0 aromatic rings. The maximum atomic E-state index is 12.8. The van der Waals surface area contributed by atoms with Gasteiger partial charge >= 0.3 is 20.8 Å². The minimum atomic E-state index is -4.77. The quantitative estimate of drug-likeness (QED) is 0.279. The van der Waals surface area contributed by atoms with E-state index in [4.69, 9.17) is 8.37 Å². The molecule has 5 saturated carbocycles. The van der Waals surface area contributed by atoms with Crippen molar-refractivity contribution in [1.82, 2.24) is 0 Å². The molecule has 2 N–H and O–H groups in total. The Hall–Kier alpha value is -0.590. The Labute approximate surface area is 246 Å². The van der Waals surface area contributed by atoms with E-state index in [1.165, 1.54) is 0 Å². The van der Waals surface area contributed by atoms with E-state index in [0.717, 1.165) is 51.4 Å². The van der Waals surface area contributed by atoms with Gasteiger partial charge in [0.25, 0.3) is 0 Å². The number of ketones is 1. The summed E-state index contributed by atoms with van der Waals surface area (Å²) in [7, 11) is -9.52. The van der Waals surface area contributed by atoms with Crippen LogP contribution < -0.4 is 0 Å². The lowest BCUT2D eigenvalue weighted by Crippen LogP contribution is -2.59. The number of carbonyl (C=O) groups excluding carboxylic acids is 1. The Kier molecular flexibility index (Phi) is 7.73. The van der Waals surface area contributed by atoms with Gasteiger partial charge < -0.3 is 0 Å². The number of carbonyl (C=O) groups is 1.